The van der Waals surface area contributed by atoms with Crippen LogP contribution in [0.4, 0.5) is 10.1 Å². The van der Waals surface area contributed by atoms with E-state index in [1.165, 1.54) is 48.2 Å². The van der Waals surface area contributed by atoms with Gasteiger partial charge in [0.15, 0.2) is 0 Å². The highest BCUT2D eigenvalue weighted by Crippen LogP contribution is 2.27. The summed E-state index contributed by atoms with van der Waals surface area (Å²) < 4.78 is 24.6. The number of halogens is 2. The number of amides is 1. The SMILES string of the molecule is COc1ccc(NC(=O)Cn2cccc(-c3nc(-c4ccc(F)cc4)no3)c2=O)cc1Cl. The number of carbonyl (C=O) groups is 1. The van der Waals surface area contributed by atoms with Crippen molar-refractivity contribution >= 4 is 23.2 Å². The zero-order valence-electron chi connectivity index (χ0n) is 16.7. The van der Waals surface area contributed by atoms with Gasteiger partial charge in [0.05, 0.1) is 12.1 Å². The fourth-order valence-electron chi connectivity index (χ4n) is 2.97. The molecule has 0 fully saturated rings. The molecule has 162 valence electrons. The van der Waals surface area contributed by atoms with Gasteiger partial charge in [-0.1, -0.05) is 16.8 Å². The first-order valence-electron chi connectivity index (χ1n) is 9.37. The van der Waals surface area contributed by atoms with Crippen molar-refractivity contribution in [1.82, 2.24) is 14.7 Å². The largest absolute Gasteiger partial charge is 0.495 e. The van der Waals surface area contributed by atoms with Crippen molar-refractivity contribution in [1.29, 1.82) is 0 Å². The van der Waals surface area contributed by atoms with E-state index in [0.29, 0.717) is 22.0 Å². The zero-order valence-corrected chi connectivity index (χ0v) is 17.5. The first-order chi connectivity index (χ1) is 15.4. The van der Waals surface area contributed by atoms with E-state index in [9.17, 15) is 14.0 Å². The summed E-state index contributed by atoms with van der Waals surface area (Å²) in [4.78, 5) is 29.5. The van der Waals surface area contributed by atoms with Crippen LogP contribution in [0.5, 0.6) is 5.75 Å². The molecule has 1 amide bonds. The van der Waals surface area contributed by atoms with Crippen LogP contribution in [0.3, 0.4) is 0 Å². The summed E-state index contributed by atoms with van der Waals surface area (Å²) in [5.41, 5.74) is 0.652. The molecule has 2 aromatic carbocycles. The van der Waals surface area contributed by atoms with E-state index in [-0.39, 0.29) is 23.8 Å². The molecular formula is C22H16ClFN4O4. The Balaban J connectivity index is 1.53. The van der Waals surface area contributed by atoms with Crippen LogP contribution in [-0.2, 0) is 11.3 Å². The molecule has 4 rings (SSSR count). The van der Waals surface area contributed by atoms with Crippen LogP contribution < -0.4 is 15.6 Å². The Kier molecular flexibility index (Phi) is 6.00. The molecule has 1 N–H and O–H groups in total. The Morgan fingerprint density at radius 3 is 2.72 bits per heavy atom. The lowest BCUT2D eigenvalue weighted by Crippen LogP contribution is -2.28. The van der Waals surface area contributed by atoms with Crippen LogP contribution in [-0.4, -0.2) is 27.7 Å². The van der Waals surface area contributed by atoms with Crippen LogP contribution in [0.2, 0.25) is 5.02 Å². The fourth-order valence-corrected chi connectivity index (χ4v) is 3.23. The normalized spacial score (nSPS) is 10.7. The standard InChI is InChI=1S/C22H16ClFN4O4/c1-31-18-9-8-15(11-17(18)23)25-19(29)12-28-10-2-3-16(22(28)30)21-26-20(27-32-21)13-4-6-14(24)7-5-13/h2-11H,12H2,1H3,(H,25,29). The third kappa shape index (κ3) is 4.52. The summed E-state index contributed by atoms with van der Waals surface area (Å²) in [6.45, 7) is -0.241. The molecule has 0 atom stereocenters. The first kappa shape index (κ1) is 21.3. The number of nitrogens with zero attached hydrogens (tertiary/aromatic N) is 3. The van der Waals surface area contributed by atoms with Crippen LogP contribution >= 0.6 is 11.6 Å². The number of nitrogens with one attached hydrogen (secondary N) is 1. The highest BCUT2D eigenvalue weighted by Gasteiger charge is 2.16. The van der Waals surface area contributed by atoms with Crippen LogP contribution in [0.15, 0.2) is 70.1 Å². The molecule has 2 aromatic heterocycles. The van der Waals surface area contributed by atoms with Crippen molar-refractivity contribution in [2.24, 2.45) is 0 Å². The van der Waals surface area contributed by atoms with E-state index in [1.54, 1.807) is 24.3 Å². The molecule has 0 spiro atoms. The maximum absolute atomic E-state index is 13.1. The van der Waals surface area contributed by atoms with E-state index < -0.39 is 17.3 Å². The highest BCUT2D eigenvalue weighted by molar-refractivity contribution is 6.32. The molecule has 8 nitrogen and oxygen atoms in total. The zero-order chi connectivity index (χ0) is 22.7. The third-order valence-electron chi connectivity index (χ3n) is 4.53. The van der Waals surface area contributed by atoms with Gasteiger partial charge in [-0.15, -0.1) is 0 Å². The highest BCUT2D eigenvalue weighted by atomic mass is 35.5. The van der Waals surface area contributed by atoms with Gasteiger partial charge in [0.2, 0.25) is 11.7 Å². The minimum atomic E-state index is -0.482. The van der Waals surface area contributed by atoms with Gasteiger partial charge in [-0.3, -0.25) is 9.59 Å². The summed E-state index contributed by atoms with van der Waals surface area (Å²) in [5.74, 6) is -0.135. The van der Waals surface area contributed by atoms with Crippen molar-refractivity contribution < 1.29 is 18.4 Å². The molecule has 0 aliphatic rings. The van der Waals surface area contributed by atoms with Gasteiger partial charge in [0.25, 0.3) is 11.4 Å². The van der Waals surface area contributed by atoms with E-state index in [0.717, 1.165) is 0 Å². The van der Waals surface area contributed by atoms with Gasteiger partial charge < -0.3 is 19.1 Å². The maximum Gasteiger partial charge on any atom is 0.263 e. The average Bonchev–Trinajstić information content (AvgIpc) is 3.26. The second kappa shape index (κ2) is 9.03. The lowest BCUT2D eigenvalue weighted by atomic mass is 10.2. The number of carbonyl (C=O) groups excluding carboxylic acids is 1. The van der Waals surface area contributed by atoms with E-state index >= 15 is 0 Å². The number of pyridine rings is 1. The minimum absolute atomic E-state index is 0.00832. The lowest BCUT2D eigenvalue weighted by molar-refractivity contribution is -0.116. The fraction of sp³-hybridized carbons (Fsp3) is 0.0909. The Morgan fingerprint density at radius 2 is 2.00 bits per heavy atom. The van der Waals surface area contributed by atoms with Crippen LogP contribution in [0.25, 0.3) is 22.8 Å². The molecule has 0 bridgehead atoms. The molecule has 10 heteroatoms. The number of benzene rings is 2. The third-order valence-corrected chi connectivity index (χ3v) is 4.82. The minimum Gasteiger partial charge on any atom is -0.495 e. The summed E-state index contributed by atoms with van der Waals surface area (Å²) in [6.07, 6.45) is 1.48. The number of hydrogen-bond acceptors (Lipinski definition) is 6. The van der Waals surface area contributed by atoms with Gasteiger partial charge in [-0.25, -0.2) is 4.39 Å². The Hall–Kier alpha value is -3.98. The van der Waals surface area contributed by atoms with Crippen molar-refractivity contribution in [3.63, 3.8) is 0 Å². The van der Waals surface area contributed by atoms with Gasteiger partial charge in [0, 0.05) is 17.4 Å². The van der Waals surface area contributed by atoms with Crippen molar-refractivity contribution in [2.45, 2.75) is 6.54 Å². The number of anilines is 1. The molecule has 0 aliphatic carbocycles. The topological polar surface area (TPSA) is 99.2 Å². The van der Waals surface area contributed by atoms with Gasteiger partial charge in [0.1, 0.15) is 23.7 Å². The molecular weight excluding hydrogens is 439 g/mol. The van der Waals surface area contributed by atoms with Crippen LogP contribution in [0.1, 0.15) is 0 Å². The van der Waals surface area contributed by atoms with Gasteiger partial charge in [-0.05, 0) is 54.6 Å². The number of methoxy groups -OCH3 is 1. The molecule has 0 saturated carbocycles. The van der Waals surface area contributed by atoms with Crippen molar-refractivity contribution in [3.05, 3.63) is 82.0 Å². The molecule has 2 heterocycles. The molecule has 32 heavy (non-hydrogen) atoms. The lowest BCUT2D eigenvalue weighted by Gasteiger charge is -2.09. The molecule has 0 unspecified atom stereocenters. The predicted molar refractivity (Wildman–Crippen MR) is 116 cm³/mol. The van der Waals surface area contributed by atoms with E-state index in [1.807, 2.05) is 0 Å². The maximum atomic E-state index is 13.1. The molecule has 0 radical (unpaired) electrons. The summed E-state index contributed by atoms with van der Waals surface area (Å²) in [7, 11) is 1.49. The second-order valence-electron chi connectivity index (χ2n) is 6.68. The summed E-state index contributed by atoms with van der Waals surface area (Å²) in [5, 5.41) is 6.87. The quantitative estimate of drug-likeness (QED) is 0.472. The van der Waals surface area contributed by atoms with Crippen molar-refractivity contribution in [2.75, 3.05) is 12.4 Å². The van der Waals surface area contributed by atoms with E-state index in [4.69, 9.17) is 20.9 Å². The average molecular weight is 455 g/mol. The monoisotopic (exact) mass is 454 g/mol. The van der Waals surface area contributed by atoms with Crippen LogP contribution in [0, 0.1) is 5.82 Å². The number of ether oxygens (including phenoxy) is 1. The summed E-state index contributed by atoms with van der Waals surface area (Å²) in [6, 6.07) is 13.5. The predicted octanol–water partition coefficient (Wildman–Crippen LogP) is 4.01. The molecule has 4 aromatic rings. The Bertz CT molecular complexity index is 1330. The first-order valence-corrected chi connectivity index (χ1v) is 9.75. The van der Waals surface area contributed by atoms with Crippen molar-refractivity contribution in [3.8, 4) is 28.6 Å². The molecule has 0 aliphatic heterocycles. The number of hydrogen-bond donors (Lipinski definition) is 1. The summed E-state index contributed by atoms with van der Waals surface area (Å²) >= 11 is 6.07. The van der Waals surface area contributed by atoms with E-state index in [2.05, 4.69) is 15.5 Å². The van der Waals surface area contributed by atoms with Gasteiger partial charge >= 0.3 is 0 Å². The second-order valence-corrected chi connectivity index (χ2v) is 7.09. The number of rotatable bonds is 6. The van der Waals surface area contributed by atoms with Gasteiger partial charge in [-0.2, -0.15) is 4.98 Å². The smallest absolute Gasteiger partial charge is 0.263 e. The Morgan fingerprint density at radius 1 is 1.22 bits per heavy atom. The molecule has 0 saturated heterocycles. The Labute approximate surface area is 186 Å². The number of aromatic nitrogens is 3.